The summed E-state index contributed by atoms with van der Waals surface area (Å²) in [5.74, 6) is 1.21. The van der Waals surface area contributed by atoms with E-state index in [-0.39, 0.29) is 5.97 Å². The molecule has 0 spiro atoms. The van der Waals surface area contributed by atoms with E-state index >= 15 is 0 Å². The predicted octanol–water partition coefficient (Wildman–Crippen LogP) is 3.20. The Bertz CT molecular complexity index is 274. The third kappa shape index (κ3) is 3.02. The Balaban J connectivity index is 2.59. The van der Waals surface area contributed by atoms with Crippen LogP contribution in [0.4, 0.5) is 0 Å². The number of carbonyl (C=O) groups is 1. The Morgan fingerprint density at radius 1 is 1.50 bits per heavy atom. The van der Waals surface area contributed by atoms with Gasteiger partial charge in [-0.2, -0.15) is 0 Å². The van der Waals surface area contributed by atoms with Crippen LogP contribution in [0.5, 0.6) is 0 Å². The standard InChI is InChI=1S/C12H18O2/c1-4-9(2)11-5-7-12(8-6-11)14-10(3)13/h5,7,9H,4,6,8H2,1-3H3. The van der Waals surface area contributed by atoms with Gasteiger partial charge in [0.25, 0.3) is 0 Å². The first-order valence-corrected chi connectivity index (χ1v) is 5.21. The fourth-order valence-electron chi connectivity index (χ4n) is 1.58. The normalized spacial score (nSPS) is 18.2. The van der Waals surface area contributed by atoms with Crippen molar-refractivity contribution >= 4 is 5.97 Å². The van der Waals surface area contributed by atoms with Crippen molar-refractivity contribution < 1.29 is 9.53 Å². The molecule has 1 atom stereocenters. The molecule has 0 N–H and O–H groups in total. The second-order valence-electron chi connectivity index (χ2n) is 3.78. The van der Waals surface area contributed by atoms with Crippen molar-refractivity contribution in [2.75, 3.05) is 0 Å². The molecule has 0 fully saturated rings. The van der Waals surface area contributed by atoms with Gasteiger partial charge in [0.1, 0.15) is 5.76 Å². The number of esters is 1. The minimum absolute atomic E-state index is 0.225. The Morgan fingerprint density at radius 3 is 2.64 bits per heavy atom. The molecular weight excluding hydrogens is 176 g/mol. The first kappa shape index (κ1) is 11.0. The first-order valence-electron chi connectivity index (χ1n) is 5.21. The lowest BCUT2D eigenvalue weighted by molar-refractivity contribution is -0.137. The summed E-state index contributed by atoms with van der Waals surface area (Å²) in [7, 11) is 0. The van der Waals surface area contributed by atoms with Gasteiger partial charge in [0.15, 0.2) is 0 Å². The summed E-state index contributed by atoms with van der Waals surface area (Å²) in [5.41, 5.74) is 1.46. The largest absolute Gasteiger partial charge is 0.431 e. The molecule has 0 aromatic carbocycles. The van der Waals surface area contributed by atoms with Crippen LogP contribution in [0.25, 0.3) is 0 Å². The molecule has 0 saturated carbocycles. The van der Waals surface area contributed by atoms with Crippen LogP contribution in [0.3, 0.4) is 0 Å². The summed E-state index contributed by atoms with van der Waals surface area (Å²) in [6.07, 6.45) is 7.06. The van der Waals surface area contributed by atoms with Crippen LogP contribution in [-0.4, -0.2) is 5.97 Å². The fraction of sp³-hybridized carbons (Fsp3) is 0.583. The highest BCUT2D eigenvalue weighted by molar-refractivity contribution is 5.67. The van der Waals surface area contributed by atoms with E-state index < -0.39 is 0 Å². The van der Waals surface area contributed by atoms with Crippen molar-refractivity contribution in [1.29, 1.82) is 0 Å². The molecule has 78 valence electrons. The molecule has 0 aromatic heterocycles. The molecule has 2 nitrogen and oxygen atoms in total. The number of rotatable bonds is 3. The van der Waals surface area contributed by atoms with Crippen molar-refractivity contribution in [1.82, 2.24) is 0 Å². The van der Waals surface area contributed by atoms with Crippen molar-refractivity contribution in [3.63, 3.8) is 0 Å². The molecule has 1 rings (SSSR count). The lowest BCUT2D eigenvalue weighted by Crippen LogP contribution is -2.05. The minimum atomic E-state index is -0.225. The van der Waals surface area contributed by atoms with E-state index in [0.29, 0.717) is 5.92 Å². The first-order chi connectivity index (χ1) is 6.63. The summed E-state index contributed by atoms with van der Waals surface area (Å²) in [6.45, 7) is 5.86. The third-order valence-electron chi connectivity index (χ3n) is 2.66. The van der Waals surface area contributed by atoms with Crippen LogP contribution in [-0.2, 0) is 9.53 Å². The highest BCUT2D eigenvalue weighted by Crippen LogP contribution is 2.26. The molecule has 0 amide bonds. The van der Waals surface area contributed by atoms with Gasteiger partial charge >= 0.3 is 5.97 Å². The zero-order chi connectivity index (χ0) is 10.6. The smallest absolute Gasteiger partial charge is 0.307 e. The predicted molar refractivity (Wildman–Crippen MR) is 56.6 cm³/mol. The lowest BCUT2D eigenvalue weighted by atomic mass is 9.91. The van der Waals surface area contributed by atoms with E-state index in [0.717, 1.165) is 18.6 Å². The highest BCUT2D eigenvalue weighted by Gasteiger charge is 2.12. The number of ether oxygens (including phenoxy) is 1. The van der Waals surface area contributed by atoms with Gasteiger partial charge in [-0.3, -0.25) is 4.79 Å². The molecule has 0 radical (unpaired) electrons. The van der Waals surface area contributed by atoms with Gasteiger partial charge in [-0.25, -0.2) is 0 Å². The lowest BCUT2D eigenvalue weighted by Gasteiger charge is -2.18. The van der Waals surface area contributed by atoms with Crippen LogP contribution in [0.15, 0.2) is 23.5 Å². The number of allylic oxidation sites excluding steroid dienone is 4. The van der Waals surface area contributed by atoms with Crippen LogP contribution < -0.4 is 0 Å². The van der Waals surface area contributed by atoms with Gasteiger partial charge in [-0.05, 0) is 24.8 Å². The zero-order valence-electron chi connectivity index (χ0n) is 9.17. The average Bonchev–Trinajstić information content (AvgIpc) is 2.17. The van der Waals surface area contributed by atoms with Gasteiger partial charge in [0, 0.05) is 13.3 Å². The minimum Gasteiger partial charge on any atom is -0.431 e. The second-order valence-corrected chi connectivity index (χ2v) is 3.78. The monoisotopic (exact) mass is 194 g/mol. The van der Waals surface area contributed by atoms with E-state index in [4.69, 9.17) is 4.74 Å². The Kier molecular flexibility index (Phi) is 3.93. The summed E-state index contributed by atoms with van der Waals surface area (Å²) in [5, 5.41) is 0. The van der Waals surface area contributed by atoms with Gasteiger partial charge in [-0.15, -0.1) is 0 Å². The maximum atomic E-state index is 10.7. The highest BCUT2D eigenvalue weighted by atomic mass is 16.5. The van der Waals surface area contributed by atoms with E-state index in [1.165, 1.54) is 18.9 Å². The molecule has 1 unspecified atom stereocenters. The molecule has 1 aliphatic carbocycles. The van der Waals surface area contributed by atoms with Crippen molar-refractivity contribution in [2.24, 2.45) is 5.92 Å². The molecule has 14 heavy (non-hydrogen) atoms. The van der Waals surface area contributed by atoms with Gasteiger partial charge in [0.05, 0.1) is 0 Å². The summed E-state index contributed by atoms with van der Waals surface area (Å²) in [6, 6.07) is 0. The zero-order valence-corrected chi connectivity index (χ0v) is 9.17. The van der Waals surface area contributed by atoms with E-state index in [2.05, 4.69) is 19.9 Å². The summed E-state index contributed by atoms with van der Waals surface area (Å²) < 4.78 is 5.03. The topological polar surface area (TPSA) is 26.3 Å². The van der Waals surface area contributed by atoms with Crippen molar-refractivity contribution in [3.8, 4) is 0 Å². The number of hydrogen-bond acceptors (Lipinski definition) is 2. The SMILES string of the molecule is CCC(C)C1=CC=C(OC(C)=O)CC1. The van der Waals surface area contributed by atoms with Crippen LogP contribution in [0.1, 0.15) is 40.0 Å². The summed E-state index contributed by atoms with van der Waals surface area (Å²) in [4.78, 5) is 10.7. The third-order valence-corrected chi connectivity index (χ3v) is 2.66. The molecule has 0 bridgehead atoms. The molecule has 0 aromatic rings. The summed E-state index contributed by atoms with van der Waals surface area (Å²) >= 11 is 0. The van der Waals surface area contributed by atoms with E-state index in [1.54, 1.807) is 0 Å². The second kappa shape index (κ2) is 4.99. The Labute approximate surface area is 85.6 Å². The Morgan fingerprint density at radius 2 is 2.21 bits per heavy atom. The van der Waals surface area contributed by atoms with Crippen molar-refractivity contribution in [3.05, 3.63) is 23.5 Å². The van der Waals surface area contributed by atoms with Crippen LogP contribution >= 0.6 is 0 Å². The molecule has 0 heterocycles. The number of hydrogen-bond donors (Lipinski definition) is 0. The quantitative estimate of drug-likeness (QED) is 0.645. The van der Waals surface area contributed by atoms with Crippen LogP contribution in [0.2, 0.25) is 0 Å². The molecule has 0 aliphatic heterocycles. The molecule has 1 aliphatic rings. The maximum Gasteiger partial charge on any atom is 0.307 e. The molecular formula is C12H18O2. The average molecular weight is 194 g/mol. The van der Waals surface area contributed by atoms with Gasteiger partial charge < -0.3 is 4.74 Å². The van der Waals surface area contributed by atoms with Gasteiger partial charge in [-0.1, -0.05) is 25.5 Å². The van der Waals surface area contributed by atoms with Crippen molar-refractivity contribution in [2.45, 2.75) is 40.0 Å². The number of carbonyl (C=O) groups excluding carboxylic acids is 1. The van der Waals surface area contributed by atoms with Gasteiger partial charge in [0.2, 0.25) is 0 Å². The van der Waals surface area contributed by atoms with E-state index in [1.807, 2.05) is 6.08 Å². The Hall–Kier alpha value is -1.05. The fourth-order valence-corrected chi connectivity index (χ4v) is 1.58. The van der Waals surface area contributed by atoms with Crippen LogP contribution in [0, 0.1) is 5.92 Å². The van der Waals surface area contributed by atoms with E-state index in [9.17, 15) is 4.79 Å². The molecule has 2 heteroatoms. The maximum absolute atomic E-state index is 10.7. The molecule has 0 saturated heterocycles.